The van der Waals surface area contributed by atoms with Crippen molar-refractivity contribution in [1.82, 2.24) is 0 Å². The number of hydrogen-bond acceptors (Lipinski definition) is 4. The molecule has 3 rings (SSSR count). The van der Waals surface area contributed by atoms with Crippen LogP contribution in [-0.4, -0.2) is 31.3 Å². The summed E-state index contributed by atoms with van der Waals surface area (Å²) in [6.45, 7) is 11.6. The first-order valence-corrected chi connectivity index (χ1v) is 8.77. The molecule has 0 aromatic heterocycles. The van der Waals surface area contributed by atoms with Gasteiger partial charge in [0.15, 0.2) is 6.29 Å². The quantitative estimate of drug-likeness (QED) is 0.763. The lowest BCUT2D eigenvalue weighted by molar-refractivity contribution is -0.235. The molecule has 130 valence electrons. The van der Waals surface area contributed by atoms with Gasteiger partial charge in [-0.3, -0.25) is 0 Å². The molecule has 1 saturated heterocycles. The van der Waals surface area contributed by atoms with E-state index >= 15 is 0 Å². The number of benzene rings is 1. The SMILES string of the molecule is C=CC[C@H]1CO[C@H](c2ccc(C3=N[C@H](C(C)C)CO3)cc2)O[C@@H]1C. The van der Waals surface area contributed by atoms with Gasteiger partial charge >= 0.3 is 0 Å². The third-order valence-electron chi connectivity index (χ3n) is 4.81. The number of hydrogen-bond donors (Lipinski definition) is 0. The second-order valence-corrected chi connectivity index (χ2v) is 6.97. The summed E-state index contributed by atoms with van der Waals surface area (Å²) in [6, 6.07) is 8.39. The summed E-state index contributed by atoms with van der Waals surface area (Å²) in [5.41, 5.74) is 2.04. The van der Waals surface area contributed by atoms with Gasteiger partial charge in [0.2, 0.25) is 5.90 Å². The van der Waals surface area contributed by atoms with Crippen molar-refractivity contribution < 1.29 is 14.2 Å². The van der Waals surface area contributed by atoms with Gasteiger partial charge in [0.25, 0.3) is 0 Å². The highest BCUT2D eigenvalue weighted by atomic mass is 16.7. The molecule has 4 heteroatoms. The molecule has 2 aliphatic rings. The van der Waals surface area contributed by atoms with Gasteiger partial charge in [0.05, 0.1) is 18.8 Å². The molecule has 0 aliphatic carbocycles. The summed E-state index contributed by atoms with van der Waals surface area (Å²) in [5.74, 6) is 1.62. The molecule has 2 heterocycles. The second kappa shape index (κ2) is 7.49. The van der Waals surface area contributed by atoms with Crippen LogP contribution in [0.5, 0.6) is 0 Å². The highest BCUT2D eigenvalue weighted by Crippen LogP contribution is 2.31. The maximum absolute atomic E-state index is 6.02. The van der Waals surface area contributed by atoms with Gasteiger partial charge < -0.3 is 14.2 Å². The Kier molecular flexibility index (Phi) is 5.36. The highest BCUT2D eigenvalue weighted by Gasteiger charge is 2.29. The smallest absolute Gasteiger partial charge is 0.216 e. The summed E-state index contributed by atoms with van der Waals surface area (Å²) in [5, 5.41) is 0. The molecule has 0 unspecified atom stereocenters. The second-order valence-electron chi connectivity index (χ2n) is 6.97. The molecule has 4 atom stereocenters. The van der Waals surface area contributed by atoms with Crippen molar-refractivity contribution >= 4 is 5.90 Å². The van der Waals surface area contributed by atoms with Crippen LogP contribution in [0.3, 0.4) is 0 Å². The van der Waals surface area contributed by atoms with Crippen molar-refractivity contribution in [3.8, 4) is 0 Å². The number of nitrogens with zero attached hydrogens (tertiary/aromatic N) is 1. The highest BCUT2D eigenvalue weighted by molar-refractivity contribution is 5.95. The van der Waals surface area contributed by atoms with E-state index in [9.17, 15) is 0 Å². The Labute approximate surface area is 144 Å². The first-order chi connectivity index (χ1) is 11.6. The summed E-state index contributed by atoms with van der Waals surface area (Å²) < 4.78 is 17.6. The van der Waals surface area contributed by atoms with Crippen LogP contribution < -0.4 is 0 Å². The molecule has 1 aromatic rings. The maximum atomic E-state index is 6.02. The van der Waals surface area contributed by atoms with Crippen LogP contribution in [0.15, 0.2) is 41.9 Å². The largest absolute Gasteiger partial charge is 0.475 e. The fourth-order valence-corrected chi connectivity index (χ4v) is 3.01. The van der Waals surface area contributed by atoms with Crippen LogP contribution in [0.25, 0.3) is 0 Å². The van der Waals surface area contributed by atoms with E-state index in [-0.39, 0.29) is 18.4 Å². The molecule has 0 spiro atoms. The van der Waals surface area contributed by atoms with E-state index in [4.69, 9.17) is 14.2 Å². The van der Waals surface area contributed by atoms with Crippen LogP contribution in [0.1, 0.15) is 44.6 Å². The van der Waals surface area contributed by atoms with Crippen LogP contribution in [0.4, 0.5) is 0 Å². The molecule has 0 saturated carbocycles. The molecule has 0 bridgehead atoms. The van der Waals surface area contributed by atoms with Crippen LogP contribution >= 0.6 is 0 Å². The fourth-order valence-electron chi connectivity index (χ4n) is 3.01. The minimum Gasteiger partial charge on any atom is -0.475 e. The molecular formula is C20H27NO3. The predicted octanol–water partition coefficient (Wildman–Crippen LogP) is 4.11. The van der Waals surface area contributed by atoms with E-state index in [1.165, 1.54) is 0 Å². The summed E-state index contributed by atoms with van der Waals surface area (Å²) in [4.78, 5) is 4.66. The third-order valence-corrected chi connectivity index (χ3v) is 4.81. The lowest BCUT2D eigenvalue weighted by atomic mass is 9.99. The maximum Gasteiger partial charge on any atom is 0.216 e. The normalized spacial score (nSPS) is 30.1. The van der Waals surface area contributed by atoms with Crippen molar-refractivity contribution in [2.24, 2.45) is 16.8 Å². The molecule has 1 aromatic carbocycles. The van der Waals surface area contributed by atoms with Gasteiger partial charge in [-0.25, -0.2) is 4.99 Å². The summed E-state index contributed by atoms with van der Waals surface area (Å²) in [6.07, 6.45) is 2.71. The topological polar surface area (TPSA) is 40.0 Å². The Hall–Kier alpha value is -1.65. The van der Waals surface area contributed by atoms with Gasteiger partial charge in [-0.15, -0.1) is 6.58 Å². The van der Waals surface area contributed by atoms with E-state index < -0.39 is 0 Å². The van der Waals surface area contributed by atoms with E-state index in [0.717, 1.165) is 23.4 Å². The molecule has 0 amide bonds. The molecule has 24 heavy (non-hydrogen) atoms. The van der Waals surface area contributed by atoms with Crippen molar-refractivity contribution in [1.29, 1.82) is 0 Å². The van der Waals surface area contributed by atoms with Crippen molar-refractivity contribution in [3.63, 3.8) is 0 Å². The average molecular weight is 329 g/mol. The molecule has 0 radical (unpaired) electrons. The number of rotatable bonds is 5. The van der Waals surface area contributed by atoms with Crippen molar-refractivity contribution in [2.45, 2.75) is 45.6 Å². The Morgan fingerprint density at radius 3 is 2.58 bits per heavy atom. The van der Waals surface area contributed by atoms with E-state index in [1.807, 2.05) is 30.3 Å². The molecule has 4 nitrogen and oxygen atoms in total. The van der Waals surface area contributed by atoms with Crippen LogP contribution in [0, 0.1) is 11.8 Å². The summed E-state index contributed by atoms with van der Waals surface area (Å²) >= 11 is 0. The Balaban J connectivity index is 1.65. The Morgan fingerprint density at radius 1 is 1.25 bits per heavy atom. The van der Waals surface area contributed by atoms with Gasteiger partial charge in [0, 0.05) is 17.0 Å². The first-order valence-electron chi connectivity index (χ1n) is 8.77. The number of allylic oxidation sites excluding steroid dienone is 1. The zero-order valence-corrected chi connectivity index (χ0v) is 14.8. The van der Waals surface area contributed by atoms with Gasteiger partial charge in [-0.1, -0.05) is 32.1 Å². The molecule has 2 aliphatic heterocycles. The predicted molar refractivity (Wildman–Crippen MR) is 95.1 cm³/mol. The van der Waals surface area contributed by atoms with E-state index in [1.54, 1.807) is 0 Å². The summed E-state index contributed by atoms with van der Waals surface area (Å²) in [7, 11) is 0. The average Bonchev–Trinajstić information content (AvgIpc) is 3.07. The molecule has 0 N–H and O–H groups in total. The zero-order chi connectivity index (χ0) is 17.1. The number of ether oxygens (including phenoxy) is 3. The number of aliphatic imine (C=N–C) groups is 1. The monoisotopic (exact) mass is 329 g/mol. The molecule has 1 fully saturated rings. The van der Waals surface area contributed by atoms with Gasteiger partial charge in [-0.2, -0.15) is 0 Å². The van der Waals surface area contributed by atoms with Gasteiger partial charge in [0.1, 0.15) is 6.61 Å². The van der Waals surface area contributed by atoms with Crippen molar-refractivity contribution in [3.05, 3.63) is 48.0 Å². The van der Waals surface area contributed by atoms with Crippen molar-refractivity contribution in [2.75, 3.05) is 13.2 Å². The lowest BCUT2D eigenvalue weighted by Gasteiger charge is -2.34. The standard InChI is InChI=1S/C20H27NO3/c1-5-6-17-11-23-20(24-14(17)4)16-9-7-15(8-10-16)19-21-18(12-22-19)13(2)3/h5,7-10,13-14,17-18,20H,1,6,11-12H2,2-4H3/t14-,17+,18+,20+/m1/s1. The van der Waals surface area contributed by atoms with E-state index in [2.05, 4.69) is 32.3 Å². The lowest BCUT2D eigenvalue weighted by Crippen LogP contribution is -2.33. The minimum atomic E-state index is -0.301. The fraction of sp³-hybridized carbons (Fsp3) is 0.550. The zero-order valence-electron chi connectivity index (χ0n) is 14.8. The van der Waals surface area contributed by atoms with Crippen LogP contribution in [0.2, 0.25) is 0 Å². The van der Waals surface area contributed by atoms with E-state index in [0.29, 0.717) is 25.0 Å². The third kappa shape index (κ3) is 3.70. The molecular weight excluding hydrogens is 302 g/mol. The first kappa shape index (κ1) is 17.2. The Bertz CT molecular complexity index is 593. The van der Waals surface area contributed by atoms with Crippen LogP contribution in [-0.2, 0) is 14.2 Å². The minimum absolute atomic E-state index is 0.163. The Morgan fingerprint density at radius 2 is 2.00 bits per heavy atom. The van der Waals surface area contributed by atoms with Gasteiger partial charge in [-0.05, 0) is 31.4 Å².